The number of furan rings is 1. The number of ether oxygens (including phenoxy) is 5. The summed E-state index contributed by atoms with van der Waals surface area (Å²) in [5.41, 5.74) is 15.4. The Hall–Kier alpha value is -14.5. The van der Waals surface area contributed by atoms with Gasteiger partial charge >= 0.3 is 50.1 Å². The molecule has 0 radical (unpaired) electrons. The van der Waals surface area contributed by atoms with Crippen LogP contribution in [0, 0.1) is 55.4 Å². The van der Waals surface area contributed by atoms with Crippen LogP contribution in [0.3, 0.4) is 0 Å². The fourth-order valence-electron chi connectivity index (χ4n) is 16.3. The van der Waals surface area contributed by atoms with Gasteiger partial charge in [0.25, 0.3) is 0 Å². The first-order valence-electron chi connectivity index (χ1n) is 42.7. The molecule has 0 aliphatic heterocycles. The van der Waals surface area contributed by atoms with Crippen molar-refractivity contribution in [3.8, 4) is 84.8 Å². The largest absolute Gasteiger partial charge is 0.497 e. The number of hydrogen-bond donors (Lipinski definition) is 3. The Kier molecular flexibility index (Phi) is 27.8. The molecule has 684 valence electrons. The maximum Gasteiger partial charge on any atom is 0.345 e. The number of methoxy groups -OCH3 is 2. The molecule has 0 saturated carbocycles. The quantitative estimate of drug-likeness (QED) is 0.0272. The summed E-state index contributed by atoms with van der Waals surface area (Å²) >= 11 is 11.2. The molecule has 3 aromatic heterocycles. The molecule has 0 saturated heterocycles. The Morgan fingerprint density at radius 1 is 0.390 bits per heavy atom. The van der Waals surface area contributed by atoms with E-state index in [1.54, 1.807) is 74.6 Å². The molecule has 15 aromatic carbocycles. The van der Waals surface area contributed by atoms with E-state index in [1.807, 2.05) is 140 Å². The Labute approximate surface area is 809 Å². The predicted molar refractivity (Wildman–Crippen MR) is 540 cm³/mol. The summed E-state index contributed by atoms with van der Waals surface area (Å²) in [5.74, 6) is -3.62. The van der Waals surface area contributed by atoms with E-state index in [0.717, 1.165) is 140 Å². The first-order chi connectivity index (χ1) is 65.2. The van der Waals surface area contributed by atoms with Crippen molar-refractivity contribution in [1.82, 2.24) is 0 Å². The van der Waals surface area contributed by atoms with Crippen molar-refractivity contribution in [3.63, 3.8) is 0 Å². The minimum absolute atomic E-state index is 0.117. The first-order valence-corrected chi connectivity index (χ1v) is 48.7. The van der Waals surface area contributed by atoms with Crippen molar-refractivity contribution in [2.24, 2.45) is 0 Å². The van der Waals surface area contributed by atoms with Gasteiger partial charge in [-0.05, 0) is 330 Å². The van der Waals surface area contributed by atoms with Crippen LogP contribution in [-0.4, -0.2) is 82.3 Å². The lowest BCUT2D eigenvalue weighted by Crippen LogP contribution is -2.29. The van der Waals surface area contributed by atoms with E-state index in [0.29, 0.717) is 45.9 Å². The van der Waals surface area contributed by atoms with Gasteiger partial charge in [0, 0.05) is 64.0 Å². The molecular weight excluding hydrogens is 1930 g/mol. The molecule has 0 bridgehead atoms. The highest BCUT2D eigenvalue weighted by Gasteiger charge is 2.30. The van der Waals surface area contributed by atoms with Gasteiger partial charge in [-0.15, -0.1) is 22.7 Å². The van der Waals surface area contributed by atoms with Crippen molar-refractivity contribution < 1.29 is 92.6 Å². The number of aryl methyl sites for hydroxylation is 8. The molecule has 0 fully saturated rings. The van der Waals surface area contributed by atoms with Crippen LogP contribution in [0.1, 0.15) is 101 Å². The summed E-state index contributed by atoms with van der Waals surface area (Å²) < 4.78 is 103. The van der Waals surface area contributed by atoms with E-state index in [-0.39, 0.29) is 43.5 Å². The maximum atomic E-state index is 13.6. The number of aromatic carboxylic acids is 2. The monoisotopic (exact) mass is 2010 g/mol. The van der Waals surface area contributed by atoms with Gasteiger partial charge in [0.1, 0.15) is 72.5 Å². The molecule has 20 nitrogen and oxygen atoms in total. The van der Waals surface area contributed by atoms with Gasteiger partial charge in [-0.2, -0.15) is 16.8 Å². The van der Waals surface area contributed by atoms with Crippen LogP contribution >= 0.6 is 54.5 Å². The van der Waals surface area contributed by atoms with Crippen LogP contribution < -0.4 is 32.1 Å². The highest BCUT2D eigenvalue weighted by atomic mass is 79.9. The zero-order valence-electron chi connectivity index (χ0n) is 74.9. The topological polar surface area (TPSA) is 292 Å². The standard InChI is InChI=1S/2C37H29BrO8S2.C36H28O4/c2*1-19-15-24(27-7-6-8-28-31(27)18-30-21(3)22(4)47-35(30)33(28)38)16-20(2)34(19)46-48(42,43)26-13-14-29(36(39)40)32(17-26)45-37(41)23-9-11-25(44-5)12-10-23;37-36(38)34(24-26-11-5-2-6-12-26)39-30-21-19-28(20-22-30)27-15-17-29(18-16-27)35-31-13-7-8-14-32(31)40-33(35)23-25-9-3-1-4-10-25/h2*6-18H,1-5H3,(H,39,40);1-22,34H,23-24H2,(H,37,38). The van der Waals surface area contributed by atoms with Gasteiger partial charge in [0.2, 0.25) is 0 Å². The van der Waals surface area contributed by atoms with Gasteiger partial charge in [-0.3, -0.25) is 0 Å². The molecule has 1 atom stereocenters. The Bertz CT molecular complexity index is 7610. The molecule has 26 heteroatoms. The van der Waals surface area contributed by atoms with Crippen LogP contribution in [0.25, 0.3) is 97.2 Å². The molecule has 136 heavy (non-hydrogen) atoms. The number of aliphatic carboxylic acids is 1. The van der Waals surface area contributed by atoms with E-state index in [9.17, 15) is 56.1 Å². The molecule has 1 unspecified atom stereocenters. The molecule has 0 aliphatic rings. The second-order valence-corrected chi connectivity index (χ2v) is 39.5. The predicted octanol–water partition coefficient (Wildman–Crippen LogP) is 27.3. The van der Waals surface area contributed by atoms with Gasteiger partial charge < -0.3 is 51.8 Å². The zero-order valence-corrected chi connectivity index (χ0v) is 81.3. The molecular formula is C110H86Br2O20S4. The molecule has 3 N–H and O–H groups in total. The van der Waals surface area contributed by atoms with Crippen molar-refractivity contribution in [3.05, 3.63) is 382 Å². The number of halogens is 2. The number of carbonyl (C=O) groups is 5. The van der Waals surface area contributed by atoms with E-state index in [2.05, 4.69) is 126 Å². The number of carboxylic acid groups (broad SMARTS) is 3. The number of carbonyl (C=O) groups excluding carboxylic acids is 2. The third-order valence-corrected chi connectivity index (χ3v) is 30.6. The fourth-order valence-corrected chi connectivity index (χ4v) is 22.2. The maximum absolute atomic E-state index is 13.6. The molecule has 0 amide bonds. The Morgan fingerprint density at radius 3 is 1.20 bits per heavy atom. The summed E-state index contributed by atoms with van der Waals surface area (Å²) in [6.07, 6.45) is 0.0618. The Balaban J connectivity index is 0.000000149. The van der Waals surface area contributed by atoms with Crippen molar-refractivity contribution >= 4 is 157 Å². The number of para-hydroxylation sites is 1. The molecule has 0 spiro atoms. The summed E-state index contributed by atoms with van der Waals surface area (Å²) in [6, 6.07) is 86.5. The first kappa shape index (κ1) is 94.7. The highest BCUT2D eigenvalue weighted by Crippen LogP contribution is 2.48. The number of rotatable bonds is 25. The van der Waals surface area contributed by atoms with Crippen LogP contribution in [0.5, 0.6) is 40.2 Å². The molecule has 0 aliphatic carbocycles. The lowest BCUT2D eigenvalue weighted by molar-refractivity contribution is -0.145. The van der Waals surface area contributed by atoms with Gasteiger partial charge in [0.05, 0.1) is 25.3 Å². The minimum atomic E-state index is -4.48. The smallest absolute Gasteiger partial charge is 0.345 e. The SMILES string of the molecule is COc1ccc(C(=O)Oc2cc(S(=O)(=O)Oc3c(C)cc(-c4cccc5c(Br)c6sc(C)c(C)c6cc45)cc3C)ccc2C(=O)O)cc1.COc1ccc(C(=O)Oc2cc(S(=O)(=O)Oc3c(C)cc(-c4cccc5c(Br)c6sc(C)c(C)c6cc45)cc3C)ccc2C(=O)O)cc1.O=C(O)C(Cc1ccccc1)Oc1ccc(-c2ccc(-c3c(Cc4ccccc4)oc4ccccc34)cc2)cc1. The summed E-state index contributed by atoms with van der Waals surface area (Å²) in [6.45, 7) is 15.6. The number of fused-ring (bicyclic) bond motifs is 5. The van der Waals surface area contributed by atoms with Crippen LogP contribution in [-0.2, 0) is 37.9 Å². The van der Waals surface area contributed by atoms with Crippen LogP contribution in [0.15, 0.2) is 314 Å². The summed E-state index contributed by atoms with van der Waals surface area (Å²) in [5, 5.41) is 36.8. The second kappa shape index (κ2) is 40.0. The third kappa shape index (κ3) is 20.2. The highest BCUT2D eigenvalue weighted by molar-refractivity contribution is 9.11. The van der Waals surface area contributed by atoms with Crippen LogP contribution in [0.4, 0.5) is 0 Å². The van der Waals surface area contributed by atoms with E-state index < -0.39 is 67.7 Å². The normalized spacial score (nSPS) is 11.6. The Morgan fingerprint density at radius 2 is 0.779 bits per heavy atom. The van der Waals surface area contributed by atoms with Gasteiger partial charge in [0.15, 0.2) is 6.10 Å². The molecule has 18 rings (SSSR count). The third-order valence-electron chi connectivity index (χ3n) is 23.5. The number of carboxylic acids is 3. The number of thiophene rings is 2. The number of benzene rings is 15. The average Bonchev–Trinajstić information content (AvgIpc) is 1.52. The van der Waals surface area contributed by atoms with Crippen LogP contribution in [0.2, 0.25) is 0 Å². The lowest BCUT2D eigenvalue weighted by atomic mass is 9.94. The zero-order chi connectivity index (χ0) is 96.3. The van der Waals surface area contributed by atoms with Gasteiger partial charge in [-0.1, -0.05) is 152 Å². The van der Waals surface area contributed by atoms with E-state index in [4.69, 9.17) is 36.5 Å². The van der Waals surface area contributed by atoms with Crippen molar-refractivity contribution in [1.29, 1.82) is 0 Å². The average molecular weight is 2020 g/mol. The van der Waals surface area contributed by atoms with Crippen molar-refractivity contribution in [2.45, 2.75) is 84.1 Å². The fraction of sp³-hybridized carbons (Fsp3) is 0.118. The summed E-state index contributed by atoms with van der Waals surface area (Å²) in [7, 11) is -6.01. The summed E-state index contributed by atoms with van der Waals surface area (Å²) in [4.78, 5) is 63.0. The number of esters is 2. The van der Waals surface area contributed by atoms with E-state index >= 15 is 0 Å². The molecule has 18 aromatic rings. The lowest BCUT2D eigenvalue weighted by Gasteiger charge is -2.16. The molecule has 3 heterocycles. The minimum Gasteiger partial charge on any atom is -0.497 e. The van der Waals surface area contributed by atoms with Crippen molar-refractivity contribution in [2.75, 3.05) is 14.2 Å². The van der Waals surface area contributed by atoms with E-state index in [1.165, 1.54) is 85.1 Å². The van der Waals surface area contributed by atoms with Gasteiger partial charge in [-0.25, -0.2) is 24.0 Å². The number of hydrogen-bond acceptors (Lipinski definition) is 19. The second-order valence-electron chi connectivity index (χ2n) is 32.4.